The molecule has 1 aliphatic heterocycles. The number of hydrogen-bond acceptors (Lipinski definition) is 3. The van der Waals surface area contributed by atoms with Crippen LogP contribution in [0.1, 0.15) is 45.6 Å². The molecule has 1 heterocycles. The Kier molecular flexibility index (Phi) is 6.27. The van der Waals surface area contributed by atoms with E-state index in [2.05, 4.69) is 38.7 Å². The van der Waals surface area contributed by atoms with E-state index in [4.69, 9.17) is 4.74 Å². The zero-order chi connectivity index (χ0) is 16.1. The van der Waals surface area contributed by atoms with Crippen molar-refractivity contribution in [1.29, 1.82) is 0 Å². The molecule has 1 fully saturated rings. The molecule has 1 aliphatic rings. The van der Waals surface area contributed by atoms with Crippen LogP contribution < -0.4 is 4.74 Å². The average molecular weight is 305 g/mol. The Hall–Kier alpha value is -1.06. The molecule has 0 amide bonds. The molecule has 0 radical (unpaired) electrons. The van der Waals surface area contributed by atoms with Gasteiger partial charge in [0.2, 0.25) is 0 Å². The first-order valence-electron chi connectivity index (χ1n) is 8.57. The van der Waals surface area contributed by atoms with E-state index in [0.717, 1.165) is 30.7 Å². The fraction of sp³-hybridized carbons (Fsp3) is 0.684. The Morgan fingerprint density at radius 1 is 1.18 bits per heavy atom. The second kappa shape index (κ2) is 7.98. The smallest absolute Gasteiger partial charge is 0.122 e. The van der Waals surface area contributed by atoms with Crippen LogP contribution in [0.4, 0.5) is 0 Å². The zero-order valence-electron chi connectivity index (χ0n) is 14.5. The van der Waals surface area contributed by atoms with Crippen molar-refractivity contribution in [2.24, 2.45) is 11.8 Å². The highest BCUT2D eigenvalue weighted by Gasteiger charge is 2.23. The summed E-state index contributed by atoms with van der Waals surface area (Å²) in [5, 5.41) is 10.3. The van der Waals surface area contributed by atoms with Crippen LogP contribution >= 0.6 is 0 Å². The van der Waals surface area contributed by atoms with Gasteiger partial charge >= 0.3 is 0 Å². The fourth-order valence-electron chi connectivity index (χ4n) is 3.57. The molecular weight excluding hydrogens is 274 g/mol. The van der Waals surface area contributed by atoms with E-state index in [0.29, 0.717) is 19.1 Å². The quantitative estimate of drug-likeness (QED) is 0.873. The number of likely N-dealkylation sites (tertiary alicyclic amines) is 1. The summed E-state index contributed by atoms with van der Waals surface area (Å²) in [4.78, 5) is 2.38. The minimum absolute atomic E-state index is 0.364. The molecule has 3 atom stereocenters. The first-order chi connectivity index (χ1) is 10.5. The van der Waals surface area contributed by atoms with Crippen LogP contribution in [0.15, 0.2) is 24.3 Å². The van der Waals surface area contributed by atoms with Gasteiger partial charge in [-0.15, -0.1) is 0 Å². The topological polar surface area (TPSA) is 32.7 Å². The lowest BCUT2D eigenvalue weighted by atomic mass is 9.92. The Labute approximate surface area is 135 Å². The maximum absolute atomic E-state index is 10.3. The minimum atomic E-state index is -0.433. The largest absolute Gasteiger partial charge is 0.491 e. The molecule has 2 rings (SSSR count). The molecule has 1 aromatic carbocycles. The zero-order valence-corrected chi connectivity index (χ0v) is 14.5. The number of benzene rings is 1. The summed E-state index contributed by atoms with van der Waals surface area (Å²) in [6.45, 7) is 12.2. The van der Waals surface area contributed by atoms with Crippen LogP contribution in [0.5, 0.6) is 5.75 Å². The van der Waals surface area contributed by atoms with Gasteiger partial charge < -0.3 is 14.7 Å². The van der Waals surface area contributed by atoms with Crippen molar-refractivity contribution in [2.45, 2.75) is 46.1 Å². The van der Waals surface area contributed by atoms with E-state index >= 15 is 0 Å². The van der Waals surface area contributed by atoms with Gasteiger partial charge in [-0.05, 0) is 35.8 Å². The lowest BCUT2D eigenvalue weighted by Gasteiger charge is -2.36. The average Bonchev–Trinajstić information content (AvgIpc) is 2.44. The van der Waals surface area contributed by atoms with Crippen molar-refractivity contribution in [3.63, 3.8) is 0 Å². The normalized spacial score (nSPS) is 24.5. The Morgan fingerprint density at radius 2 is 1.82 bits per heavy atom. The third-order valence-corrected chi connectivity index (χ3v) is 4.39. The van der Waals surface area contributed by atoms with Crippen molar-refractivity contribution >= 4 is 0 Å². The minimum Gasteiger partial charge on any atom is -0.491 e. The molecule has 1 aromatic rings. The summed E-state index contributed by atoms with van der Waals surface area (Å²) in [6, 6.07) is 8.12. The highest BCUT2D eigenvalue weighted by molar-refractivity contribution is 5.35. The Balaban J connectivity index is 1.84. The van der Waals surface area contributed by atoms with Gasteiger partial charge in [-0.25, -0.2) is 0 Å². The SMILES string of the molecule is CC(C)c1ccccc1OC[C@H](O)CN1C[C@H](C)C[C@@H](C)C1. The highest BCUT2D eigenvalue weighted by atomic mass is 16.5. The van der Waals surface area contributed by atoms with Crippen molar-refractivity contribution in [1.82, 2.24) is 4.90 Å². The summed E-state index contributed by atoms with van der Waals surface area (Å²) in [5.41, 5.74) is 1.20. The van der Waals surface area contributed by atoms with Gasteiger partial charge in [-0.3, -0.25) is 0 Å². The molecule has 3 heteroatoms. The fourth-order valence-corrected chi connectivity index (χ4v) is 3.57. The molecule has 0 unspecified atom stereocenters. The predicted molar refractivity (Wildman–Crippen MR) is 91.4 cm³/mol. The van der Waals surface area contributed by atoms with Crippen LogP contribution in [-0.2, 0) is 0 Å². The highest BCUT2D eigenvalue weighted by Crippen LogP contribution is 2.26. The number of ether oxygens (including phenoxy) is 1. The molecule has 1 N–H and O–H groups in total. The molecule has 124 valence electrons. The van der Waals surface area contributed by atoms with E-state index < -0.39 is 6.10 Å². The van der Waals surface area contributed by atoms with Gasteiger partial charge in [0.1, 0.15) is 18.5 Å². The summed E-state index contributed by atoms with van der Waals surface area (Å²) < 4.78 is 5.88. The monoisotopic (exact) mass is 305 g/mol. The Morgan fingerprint density at radius 3 is 2.45 bits per heavy atom. The molecule has 0 saturated carbocycles. The van der Waals surface area contributed by atoms with Crippen molar-refractivity contribution in [3.05, 3.63) is 29.8 Å². The lowest BCUT2D eigenvalue weighted by Crippen LogP contribution is -2.44. The number of rotatable bonds is 6. The molecule has 0 spiro atoms. The standard InChI is InChI=1S/C19H31NO2/c1-14(2)18-7-5-6-8-19(18)22-13-17(21)12-20-10-15(3)9-16(4)11-20/h5-8,14-17,21H,9-13H2,1-4H3/t15-,16-,17-/m1/s1. The number of piperidine rings is 1. The van der Waals surface area contributed by atoms with Crippen LogP contribution in [0, 0.1) is 11.8 Å². The van der Waals surface area contributed by atoms with E-state index in [1.807, 2.05) is 18.2 Å². The molecule has 1 saturated heterocycles. The molecule has 3 nitrogen and oxygen atoms in total. The maximum Gasteiger partial charge on any atom is 0.122 e. The van der Waals surface area contributed by atoms with Gasteiger partial charge in [0.05, 0.1) is 0 Å². The van der Waals surface area contributed by atoms with Crippen LogP contribution in [0.2, 0.25) is 0 Å². The van der Waals surface area contributed by atoms with Crippen LogP contribution in [0.3, 0.4) is 0 Å². The number of β-amino-alcohol motifs (C(OH)–C–C–N with tert-alkyl or cyclic N) is 1. The predicted octanol–water partition coefficient (Wildman–Crippen LogP) is 3.53. The molecule has 0 aliphatic carbocycles. The summed E-state index contributed by atoms with van der Waals surface area (Å²) in [5.74, 6) is 2.77. The van der Waals surface area contributed by atoms with E-state index in [1.54, 1.807) is 0 Å². The molecule has 0 bridgehead atoms. The lowest BCUT2D eigenvalue weighted by molar-refractivity contribution is 0.0426. The van der Waals surface area contributed by atoms with E-state index in [-0.39, 0.29) is 0 Å². The van der Waals surface area contributed by atoms with Gasteiger partial charge in [0.15, 0.2) is 0 Å². The van der Waals surface area contributed by atoms with Gasteiger partial charge in [0.25, 0.3) is 0 Å². The third kappa shape index (κ3) is 4.99. The summed E-state index contributed by atoms with van der Waals surface area (Å²) in [6.07, 6.45) is 0.864. The van der Waals surface area contributed by atoms with Crippen molar-refractivity contribution in [2.75, 3.05) is 26.2 Å². The molecular formula is C19H31NO2. The molecule has 0 aromatic heterocycles. The summed E-state index contributed by atoms with van der Waals surface area (Å²) in [7, 11) is 0. The maximum atomic E-state index is 10.3. The summed E-state index contributed by atoms with van der Waals surface area (Å²) >= 11 is 0. The Bertz CT molecular complexity index is 451. The number of aliphatic hydroxyl groups is 1. The van der Waals surface area contributed by atoms with Gasteiger partial charge in [0, 0.05) is 19.6 Å². The van der Waals surface area contributed by atoms with Crippen molar-refractivity contribution < 1.29 is 9.84 Å². The first-order valence-corrected chi connectivity index (χ1v) is 8.57. The number of para-hydroxylation sites is 1. The van der Waals surface area contributed by atoms with Crippen molar-refractivity contribution in [3.8, 4) is 5.75 Å². The second-order valence-corrected chi connectivity index (χ2v) is 7.32. The van der Waals surface area contributed by atoms with E-state index in [9.17, 15) is 5.11 Å². The second-order valence-electron chi connectivity index (χ2n) is 7.32. The van der Waals surface area contributed by atoms with Crippen LogP contribution in [-0.4, -0.2) is 42.4 Å². The number of aliphatic hydroxyl groups excluding tert-OH is 1. The molecule has 22 heavy (non-hydrogen) atoms. The third-order valence-electron chi connectivity index (χ3n) is 4.39. The number of hydrogen-bond donors (Lipinski definition) is 1. The first kappa shape index (κ1) is 17.3. The van der Waals surface area contributed by atoms with E-state index in [1.165, 1.54) is 12.0 Å². The van der Waals surface area contributed by atoms with Gasteiger partial charge in [-0.1, -0.05) is 45.9 Å². The number of nitrogens with zero attached hydrogens (tertiary/aromatic N) is 1. The van der Waals surface area contributed by atoms with Crippen LogP contribution in [0.25, 0.3) is 0 Å². The van der Waals surface area contributed by atoms with Gasteiger partial charge in [-0.2, -0.15) is 0 Å².